The van der Waals surface area contributed by atoms with Gasteiger partial charge in [0.15, 0.2) is 23.3 Å². The monoisotopic (exact) mass is 517 g/mol. The van der Waals surface area contributed by atoms with Gasteiger partial charge in [0.05, 0.1) is 5.69 Å². The van der Waals surface area contributed by atoms with Gasteiger partial charge in [-0.05, 0) is 19.1 Å². The second-order valence-electron chi connectivity index (χ2n) is 6.15. The summed E-state index contributed by atoms with van der Waals surface area (Å²) in [6, 6.07) is -0.0532. The molecule has 3 aromatic rings. The number of rotatable bonds is 3. The Kier molecular flexibility index (Phi) is 6.72. The first-order chi connectivity index (χ1) is 14.3. The average Bonchev–Trinajstić information content (AvgIpc) is 2.92. The summed E-state index contributed by atoms with van der Waals surface area (Å²) in [5.41, 5.74) is -6.26. The van der Waals surface area contributed by atoms with Crippen LogP contribution in [0, 0.1) is 41.8 Å². The molecule has 0 amide bonds. The van der Waals surface area contributed by atoms with Gasteiger partial charge >= 0.3 is 6.18 Å². The van der Waals surface area contributed by atoms with E-state index in [1.807, 2.05) is 0 Å². The SMILES string of the molecule is Cc1nn(-c2c(F)c(F)cc(F)c2F)c(O)c1C(=O)c1cc(F)c(C(F)(F)F)c(F)c1.[Cu]. The number of aromatic hydroxyl groups is 1. The largest absolute Gasteiger partial charge is 0.493 e. The third-order valence-corrected chi connectivity index (χ3v) is 4.15. The number of nitrogens with zero attached hydrogens (tertiary/aromatic N) is 2. The summed E-state index contributed by atoms with van der Waals surface area (Å²) >= 11 is 0. The Morgan fingerprint density at radius 1 is 0.906 bits per heavy atom. The molecular formula is C18H7CuF9N2O2. The van der Waals surface area contributed by atoms with Crippen molar-refractivity contribution in [2.24, 2.45) is 0 Å². The molecule has 1 heterocycles. The van der Waals surface area contributed by atoms with E-state index in [2.05, 4.69) is 5.10 Å². The molecule has 2 aromatic carbocycles. The minimum Gasteiger partial charge on any atom is -0.493 e. The zero-order valence-corrected chi connectivity index (χ0v) is 16.1. The summed E-state index contributed by atoms with van der Waals surface area (Å²) in [4.78, 5) is 12.5. The van der Waals surface area contributed by atoms with E-state index < -0.39 is 80.8 Å². The summed E-state index contributed by atoms with van der Waals surface area (Å²) in [6.07, 6.45) is -5.41. The van der Waals surface area contributed by atoms with Crippen LogP contribution in [0.2, 0.25) is 0 Å². The smallest absolute Gasteiger partial charge is 0.422 e. The topological polar surface area (TPSA) is 55.1 Å². The van der Waals surface area contributed by atoms with E-state index in [1.165, 1.54) is 0 Å². The number of hydrogen-bond donors (Lipinski definition) is 1. The maximum absolute atomic E-state index is 14.0. The number of hydrogen-bond acceptors (Lipinski definition) is 3. The van der Waals surface area contributed by atoms with Gasteiger partial charge in [-0.3, -0.25) is 4.79 Å². The van der Waals surface area contributed by atoms with Crippen molar-refractivity contribution in [3.8, 4) is 11.6 Å². The molecule has 0 bridgehead atoms. The number of benzene rings is 2. The number of carbonyl (C=O) groups excluding carboxylic acids is 1. The van der Waals surface area contributed by atoms with Gasteiger partial charge in [-0.1, -0.05) is 0 Å². The first-order valence-corrected chi connectivity index (χ1v) is 7.98. The van der Waals surface area contributed by atoms with E-state index in [0.29, 0.717) is 0 Å². The predicted octanol–water partition coefficient (Wildman–Crippen LogP) is 4.97. The van der Waals surface area contributed by atoms with Crippen LogP contribution in [0.4, 0.5) is 39.5 Å². The molecule has 14 heteroatoms. The number of aryl methyl sites for hydroxylation is 1. The van der Waals surface area contributed by atoms with Gasteiger partial charge in [-0.25, -0.2) is 26.3 Å². The van der Waals surface area contributed by atoms with E-state index in [-0.39, 0.29) is 39.9 Å². The van der Waals surface area contributed by atoms with Crippen molar-refractivity contribution >= 4 is 5.78 Å². The molecule has 0 aliphatic rings. The number of alkyl halides is 3. The molecule has 0 saturated heterocycles. The summed E-state index contributed by atoms with van der Waals surface area (Å²) < 4.78 is 120. The Labute approximate surface area is 182 Å². The van der Waals surface area contributed by atoms with Gasteiger partial charge < -0.3 is 5.11 Å². The van der Waals surface area contributed by atoms with E-state index in [1.54, 1.807) is 0 Å². The Bertz CT molecular complexity index is 1190. The van der Waals surface area contributed by atoms with Crippen LogP contribution in [0.5, 0.6) is 5.88 Å². The summed E-state index contributed by atoms with van der Waals surface area (Å²) in [5, 5.41) is 13.6. The van der Waals surface area contributed by atoms with Gasteiger partial charge in [0.2, 0.25) is 11.7 Å². The summed E-state index contributed by atoms with van der Waals surface area (Å²) in [7, 11) is 0. The van der Waals surface area contributed by atoms with Crippen LogP contribution in [-0.2, 0) is 23.2 Å². The molecule has 32 heavy (non-hydrogen) atoms. The second-order valence-corrected chi connectivity index (χ2v) is 6.15. The summed E-state index contributed by atoms with van der Waals surface area (Å²) in [6.45, 7) is 0.978. The minimum absolute atomic E-state index is 0. The van der Waals surface area contributed by atoms with Gasteiger partial charge in [0.25, 0.3) is 0 Å². The maximum Gasteiger partial charge on any atom is 0.422 e. The van der Waals surface area contributed by atoms with E-state index in [4.69, 9.17) is 0 Å². The van der Waals surface area contributed by atoms with Crippen LogP contribution in [-0.4, -0.2) is 20.7 Å². The molecular weight excluding hydrogens is 511 g/mol. The molecule has 0 unspecified atom stereocenters. The Morgan fingerprint density at radius 2 is 1.38 bits per heavy atom. The van der Waals surface area contributed by atoms with Crippen LogP contribution in [0.25, 0.3) is 5.69 Å². The molecule has 0 aliphatic heterocycles. The molecule has 1 N–H and O–H groups in total. The van der Waals surface area contributed by atoms with Gasteiger partial charge in [-0.15, -0.1) is 0 Å². The second kappa shape index (κ2) is 8.51. The van der Waals surface area contributed by atoms with Crippen LogP contribution in [0.3, 0.4) is 0 Å². The average molecular weight is 518 g/mol. The van der Waals surface area contributed by atoms with Gasteiger partial charge in [0, 0.05) is 28.7 Å². The maximum atomic E-state index is 14.0. The predicted molar refractivity (Wildman–Crippen MR) is 84.6 cm³/mol. The molecule has 3 rings (SSSR count). The van der Waals surface area contributed by atoms with Crippen molar-refractivity contribution in [2.45, 2.75) is 13.1 Å². The molecule has 0 aliphatic carbocycles. The standard InChI is InChI=1S/C18H7F9N2O2.Cu/c1-5-11(16(30)6-2-7(19)12(8(20)3-6)18(25,26)27)17(31)29(28-5)15-13(23)9(21)4-10(22)14(15)24;/h2-4,31H,1H3;. The quantitative estimate of drug-likeness (QED) is 0.231. The number of ketones is 1. The molecule has 1 radical (unpaired) electrons. The molecule has 0 spiro atoms. The van der Waals surface area contributed by atoms with Crippen LogP contribution >= 0.6 is 0 Å². The molecule has 175 valence electrons. The molecule has 0 atom stereocenters. The van der Waals surface area contributed by atoms with Crippen molar-refractivity contribution < 1.29 is 66.5 Å². The Balaban J connectivity index is 0.00000363. The van der Waals surface area contributed by atoms with Crippen molar-refractivity contribution in [2.75, 3.05) is 0 Å². The first-order valence-electron chi connectivity index (χ1n) is 7.98. The Morgan fingerprint density at radius 3 is 1.81 bits per heavy atom. The zero-order valence-electron chi connectivity index (χ0n) is 15.2. The third-order valence-electron chi connectivity index (χ3n) is 4.15. The summed E-state index contributed by atoms with van der Waals surface area (Å²) in [5.74, 6) is -14.8. The molecule has 4 nitrogen and oxygen atoms in total. The number of halogens is 9. The van der Waals surface area contributed by atoms with Crippen molar-refractivity contribution in [3.05, 3.63) is 75.5 Å². The number of aromatic nitrogens is 2. The molecule has 0 fully saturated rings. The van der Waals surface area contributed by atoms with Crippen molar-refractivity contribution in [1.82, 2.24) is 9.78 Å². The molecule has 0 saturated carbocycles. The van der Waals surface area contributed by atoms with Crippen LogP contribution in [0.15, 0.2) is 18.2 Å². The zero-order chi connectivity index (χ0) is 23.4. The fourth-order valence-electron chi connectivity index (χ4n) is 2.80. The molecule has 1 aromatic heterocycles. The Hall–Kier alpha value is -2.99. The van der Waals surface area contributed by atoms with E-state index in [0.717, 1.165) is 6.92 Å². The fraction of sp³-hybridized carbons (Fsp3) is 0.111. The van der Waals surface area contributed by atoms with Crippen molar-refractivity contribution in [3.63, 3.8) is 0 Å². The van der Waals surface area contributed by atoms with Crippen LogP contribution < -0.4 is 0 Å². The van der Waals surface area contributed by atoms with E-state index >= 15 is 0 Å². The van der Waals surface area contributed by atoms with Gasteiger partial charge in [0.1, 0.15) is 28.4 Å². The first kappa shape index (κ1) is 25.3. The van der Waals surface area contributed by atoms with Crippen molar-refractivity contribution in [1.29, 1.82) is 0 Å². The van der Waals surface area contributed by atoms with E-state index in [9.17, 15) is 49.4 Å². The minimum atomic E-state index is -5.41. The third kappa shape index (κ3) is 4.07. The fourth-order valence-corrected chi connectivity index (χ4v) is 2.80. The van der Waals surface area contributed by atoms with Crippen LogP contribution in [0.1, 0.15) is 27.2 Å². The number of carbonyl (C=O) groups is 1. The normalized spacial score (nSPS) is 11.4. The van der Waals surface area contributed by atoms with Gasteiger partial charge in [-0.2, -0.15) is 23.0 Å².